The van der Waals surface area contributed by atoms with Gasteiger partial charge in [-0.1, -0.05) is 30.3 Å². The molecule has 2 aromatic carbocycles. The van der Waals surface area contributed by atoms with E-state index in [9.17, 15) is 0 Å². The quantitative estimate of drug-likeness (QED) is 0.550. The largest absolute Gasteiger partial charge is 0.489 e. The number of hydrogen-bond donors (Lipinski definition) is 2. The summed E-state index contributed by atoms with van der Waals surface area (Å²) in [6.45, 7) is 1.45. The molecule has 0 bridgehead atoms. The fraction of sp³-hybridized carbons (Fsp3) is 0.200. The van der Waals surface area contributed by atoms with Crippen molar-refractivity contribution in [2.75, 3.05) is 6.54 Å². The van der Waals surface area contributed by atoms with E-state index in [2.05, 4.69) is 32.6 Å². The van der Waals surface area contributed by atoms with Gasteiger partial charge >= 0.3 is 0 Å². The van der Waals surface area contributed by atoms with Gasteiger partial charge in [-0.2, -0.15) is 5.10 Å². The number of nitrogens with zero attached hydrogens (tertiary/aromatic N) is 2. The number of benzene rings is 2. The zero-order valence-electron chi connectivity index (χ0n) is 13.9. The van der Waals surface area contributed by atoms with Gasteiger partial charge in [0.2, 0.25) is 0 Å². The van der Waals surface area contributed by atoms with E-state index in [1.165, 1.54) is 0 Å². The van der Waals surface area contributed by atoms with Gasteiger partial charge in [0.05, 0.1) is 6.21 Å². The highest BCUT2D eigenvalue weighted by Gasteiger charge is 2.06. The molecule has 4 rings (SSSR count). The van der Waals surface area contributed by atoms with Crippen LogP contribution in [0.4, 0.5) is 0 Å². The maximum atomic E-state index is 5.92. The van der Waals surface area contributed by atoms with Gasteiger partial charge in [0.1, 0.15) is 18.2 Å². The summed E-state index contributed by atoms with van der Waals surface area (Å²) in [6, 6.07) is 16.2. The number of H-pyrrole nitrogens is 1. The third kappa shape index (κ3) is 3.71. The van der Waals surface area contributed by atoms with Gasteiger partial charge < -0.3 is 9.72 Å². The summed E-state index contributed by atoms with van der Waals surface area (Å²) in [5, 5.41) is 5.39. The lowest BCUT2D eigenvalue weighted by Gasteiger charge is -2.06. The van der Waals surface area contributed by atoms with Crippen molar-refractivity contribution in [3.63, 3.8) is 0 Å². The third-order valence-electron chi connectivity index (χ3n) is 4.21. The SMILES string of the molecule is C(=N\NC1=NCCC1)/c1c[nH]c2ccc(OCc3ccccc3)cc12. The van der Waals surface area contributed by atoms with Crippen LogP contribution in [0.2, 0.25) is 0 Å². The lowest BCUT2D eigenvalue weighted by atomic mass is 10.2. The molecule has 0 fully saturated rings. The second kappa shape index (κ2) is 7.21. The first-order valence-corrected chi connectivity index (χ1v) is 8.49. The summed E-state index contributed by atoms with van der Waals surface area (Å²) in [5.74, 6) is 1.81. The molecule has 25 heavy (non-hydrogen) atoms. The maximum absolute atomic E-state index is 5.92. The first-order valence-electron chi connectivity index (χ1n) is 8.49. The molecule has 3 aromatic rings. The number of hydrogen-bond acceptors (Lipinski definition) is 4. The van der Waals surface area contributed by atoms with E-state index < -0.39 is 0 Å². The van der Waals surface area contributed by atoms with Gasteiger partial charge in [0, 0.05) is 35.6 Å². The topological polar surface area (TPSA) is 61.8 Å². The van der Waals surface area contributed by atoms with Crippen LogP contribution >= 0.6 is 0 Å². The van der Waals surface area contributed by atoms with Gasteiger partial charge in [0.15, 0.2) is 0 Å². The van der Waals surface area contributed by atoms with Gasteiger partial charge in [-0.05, 0) is 30.2 Å². The lowest BCUT2D eigenvalue weighted by Crippen LogP contribution is -2.14. The number of aromatic amines is 1. The van der Waals surface area contributed by atoms with Crippen molar-refractivity contribution in [3.05, 3.63) is 65.9 Å². The van der Waals surface area contributed by atoms with Crippen molar-refractivity contribution in [1.29, 1.82) is 0 Å². The molecule has 2 heterocycles. The number of fused-ring (bicyclic) bond motifs is 1. The molecule has 5 heteroatoms. The van der Waals surface area contributed by atoms with Crippen molar-refractivity contribution < 1.29 is 4.74 Å². The second-order valence-electron chi connectivity index (χ2n) is 6.03. The Balaban J connectivity index is 1.48. The fourth-order valence-electron chi connectivity index (χ4n) is 2.87. The Morgan fingerprint density at radius 3 is 2.96 bits per heavy atom. The molecule has 2 N–H and O–H groups in total. The van der Waals surface area contributed by atoms with E-state index in [-0.39, 0.29) is 0 Å². The molecule has 0 atom stereocenters. The maximum Gasteiger partial charge on any atom is 0.120 e. The molecule has 1 aliphatic heterocycles. The predicted octanol–water partition coefficient (Wildman–Crippen LogP) is 3.86. The molecule has 0 saturated carbocycles. The van der Waals surface area contributed by atoms with Crippen molar-refractivity contribution in [2.45, 2.75) is 19.4 Å². The van der Waals surface area contributed by atoms with Crippen LogP contribution in [-0.2, 0) is 6.61 Å². The van der Waals surface area contributed by atoms with Crippen LogP contribution in [0.1, 0.15) is 24.0 Å². The number of aliphatic imine (C=N–C) groups is 1. The Morgan fingerprint density at radius 2 is 2.12 bits per heavy atom. The van der Waals surface area contributed by atoms with Gasteiger partial charge in [-0.3, -0.25) is 10.4 Å². The van der Waals surface area contributed by atoms with E-state index in [1.807, 2.05) is 48.8 Å². The van der Waals surface area contributed by atoms with Crippen LogP contribution in [0, 0.1) is 0 Å². The van der Waals surface area contributed by atoms with Gasteiger partial charge in [-0.15, -0.1) is 0 Å². The molecule has 5 nitrogen and oxygen atoms in total. The molecule has 1 aromatic heterocycles. The highest BCUT2D eigenvalue weighted by atomic mass is 16.5. The van der Waals surface area contributed by atoms with Crippen LogP contribution in [0.25, 0.3) is 10.9 Å². The van der Waals surface area contributed by atoms with E-state index in [0.717, 1.165) is 53.0 Å². The third-order valence-corrected chi connectivity index (χ3v) is 4.21. The highest BCUT2D eigenvalue weighted by Crippen LogP contribution is 2.23. The Kier molecular flexibility index (Phi) is 4.46. The minimum absolute atomic E-state index is 0.557. The lowest BCUT2D eigenvalue weighted by molar-refractivity contribution is 0.306. The van der Waals surface area contributed by atoms with Crippen LogP contribution < -0.4 is 10.2 Å². The van der Waals surface area contributed by atoms with E-state index >= 15 is 0 Å². The standard InChI is InChI=1S/C20H20N4O/c1-2-5-15(6-3-1)14-25-17-8-9-19-18(11-17)16(12-22-19)13-23-24-20-7-4-10-21-20/h1-3,5-6,8-9,11-13,22H,4,7,10,14H2,(H,21,24)/b23-13+. The summed E-state index contributed by atoms with van der Waals surface area (Å²) < 4.78 is 5.92. The Bertz CT molecular complexity index is 912. The predicted molar refractivity (Wildman–Crippen MR) is 101 cm³/mol. The minimum Gasteiger partial charge on any atom is -0.489 e. The molecule has 1 aliphatic rings. The molecule has 0 spiro atoms. The summed E-state index contributed by atoms with van der Waals surface area (Å²) in [6.07, 6.45) is 5.85. The summed E-state index contributed by atoms with van der Waals surface area (Å²) in [7, 11) is 0. The first-order chi connectivity index (χ1) is 12.4. The number of hydrazone groups is 1. The smallest absolute Gasteiger partial charge is 0.120 e. The molecule has 0 amide bonds. The molecule has 0 aliphatic carbocycles. The Hall–Kier alpha value is -3.08. The molecule has 126 valence electrons. The molecule has 0 unspecified atom stereocenters. The first kappa shape index (κ1) is 15.4. The zero-order valence-corrected chi connectivity index (χ0v) is 13.9. The number of amidine groups is 1. The van der Waals surface area contributed by atoms with Crippen molar-refractivity contribution in [1.82, 2.24) is 10.4 Å². The normalized spacial score (nSPS) is 14.2. The Labute approximate surface area is 146 Å². The van der Waals surface area contributed by atoms with Crippen molar-refractivity contribution >= 4 is 23.0 Å². The van der Waals surface area contributed by atoms with Crippen molar-refractivity contribution in [2.24, 2.45) is 10.1 Å². The number of rotatable bonds is 5. The van der Waals surface area contributed by atoms with Crippen LogP contribution in [0.15, 0.2) is 64.8 Å². The average Bonchev–Trinajstić information content (AvgIpc) is 3.31. The summed E-state index contributed by atoms with van der Waals surface area (Å²) >= 11 is 0. The van der Waals surface area contributed by atoms with Crippen LogP contribution in [0.5, 0.6) is 5.75 Å². The average molecular weight is 332 g/mol. The van der Waals surface area contributed by atoms with Gasteiger partial charge in [-0.25, -0.2) is 0 Å². The monoisotopic (exact) mass is 332 g/mol. The molecular formula is C20H20N4O. The van der Waals surface area contributed by atoms with E-state index in [0.29, 0.717) is 6.61 Å². The highest BCUT2D eigenvalue weighted by molar-refractivity contribution is 6.00. The van der Waals surface area contributed by atoms with E-state index in [4.69, 9.17) is 4.74 Å². The summed E-state index contributed by atoms with van der Waals surface area (Å²) in [4.78, 5) is 7.61. The summed E-state index contributed by atoms with van der Waals surface area (Å²) in [5.41, 5.74) is 6.25. The number of aromatic nitrogens is 1. The van der Waals surface area contributed by atoms with Gasteiger partial charge in [0.25, 0.3) is 0 Å². The molecular weight excluding hydrogens is 312 g/mol. The van der Waals surface area contributed by atoms with Crippen molar-refractivity contribution in [3.8, 4) is 5.75 Å². The Morgan fingerprint density at radius 1 is 1.20 bits per heavy atom. The number of nitrogens with one attached hydrogen (secondary N) is 2. The van der Waals surface area contributed by atoms with E-state index in [1.54, 1.807) is 0 Å². The molecule has 0 radical (unpaired) electrons. The minimum atomic E-state index is 0.557. The second-order valence-corrected chi connectivity index (χ2v) is 6.03. The van der Waals surface area contributed by atoms with Crippen LogP contribution in [-0.4, -0.2) is 23.6 Å². The molecule has 0 saturated heterocycles. The zero-order chi connectivity index (χ0) is 16.9. The van der Waals surface area contributed by atoms with Crippen LogP contribution in [0.3, 0.4) is 0 Å². The fourth-order valence-corrected chi connectivity index (χ4v) is 2.87. The number of ether oxygens (including phenoxy) is 1.